The van der Waals surface area contributed by atoms with E-state index in [1.165, 1.54) is 0 Å². The van der Waals surface area contributed by atoms with Crippen molar-refractivity contribution in [1.29, 1.82) is 0 Å². The van der Waals surface area contributed by atoms with Gasteiger partial charge in [-0.25, -0.2) is 0 Å². The van der Waals surface area contributed by atoms with Crippen LogP contribution in [-0.4, -0.2) is 24.1 Å². The van der Waals surface area contributed by atoms with Crippen molar-refractivity contribution in [3.05, 3.63) is 0 Å². The summed E-state index contributed by atoms with van der Waals surface area (Å²) in [6, 6.07) is 0. The van der Waals surface area contributed by atoms with Crippen LogP contribution in [0.1, 0.15) is 54.4 Å². The lowest BCUT2D eigenvalue weighted by Crippen LogP contribution is -2.43. The molecule has 4 unspecified atom stereocenters. The Labute approximate surface area is 122 Å². The summed E-state index contributed by atoms with van der Waals surface area (Å²) in [4.78, 5) is 24.6. The maximum atomic E-state index is 12.3. The first-order chi connectivity index (χ1) is 9.23. The molecule has 0 aliphatic heterocycles. The highest BCUT2D eigenvalue weighted by atomic mass is 16.6. The molecule has 20 heavy (non-hydrogen) atoms. The number of carbonyl (C=O) groups excluding carboxylic acids is 2. The molecule has 1 aliphatic carbocycles. The Balaban J connectivity index is 2.89. The monoisotopic (exact) mass is 284 g/mol. The standard InChI is InChI=1S/C16H28O4/c1-9(2)19-15(17)13-8-7-11(5)12(6)14(13)16(18)20-10(3)4/h9-14H,7-8H2,1-6H3. The van der Waals surface area contributed by atoms with E-state index < -0.39 is 0 Å². The van der Waals surface area contributed by atoms with E-state index in [2.05, 4.69) is 6.92 Å². The van der Waals surface area contributed by atoms with Gasteiger partial charge in [0.2, 0.25) is 0 Å². The minimum absolute atomic E-state index is 0.139. The highest BCUT2D eigenvalue weighted by molar-refractivity contribution is 5.82. The Bertz CT molecular complexity index is 348. The summed E-state index contributed by atoms with van der Waals surface area (Å²) in [5.74, 6) is -0.709. The highest BCUT2D eigenvalue weighted by Crippen LogP contribution is 2.40. The Morgan fingerprint density at radius 2 is 1.40 bits per heavy atom. The largest absolute Gasteiger partial charge is 0.463 e. The van der Waals surface area contributed by atoms with Crippen molar-refractivity contribution in [3.63, 3.8) is 0 Å². The summed E-state index contributed by atoms with van der Waals surface area (Å²) in [6.45, 7) is 11.5. The molecule has 4 atom stereocenters. The molecular weight excluding hydrogens is 256 g/mol. The molecule has 0 aromatic carbocycles. The van der Waals surface area contributed by atoms with Crippen LogP contribution in [-0.2, 0) is 19.1 Å². The summed E-state index contributed by atoms with van der Waals surface area (Å²) < 4.78 is 10.7. The van der Waals surface area contributed by atoms with E-state index in [1.54, 1.807) is 0 Å². The highest BCUT2D eigenvalue weighted by Gasteiger charge is 2.45. The van der Waals surface area contributed by atoms with Crippen LogP contribution >= 0.6 is 0 Å². The molecule has 0 bridgehead atoms. The lowest BCUT2D eigenvalue weighted by atomic mass is 9.68. The number of rotatable bonds is 4. The predicted octanol–water partition coefficient (Wildman–Crippen LogP) is 3.19. The molecule has 0 saturated heterocycles. The average Bonchev–Trinajstić information content (AvgIpc) is 2.30. The quantitative estimate of drug-likeness (QED) is 0.744. The summed E-state index contributed by atoms with van der Waals surface area (Å²) >= 11 is 0. The molecule has 116 valence electrons. The zero-order valence-electron chi connectivity index (χ0n) is 13.5. The van der Waals surface area contributed by atoms with E-state index in [0.717, 1.165) is 6.42 Å². The first-order valence-corrected chi connectivity index (χ1v) is 7.65. The zero-order chi connectivity index (χ0) is 15.4. The van der Waals surface area contributed by atoms with Crippen molar-refractivity contribution in [1.82, 2.24) is 0 Å². The van der Waals surface area contributed by atoms with Crippen LogP contribution in [0.2, 0.25) is 0 Å². The predicted molar refractivity (Wildman–Crippen MR) is 77.0 cm³/mol. The molecule has 4 heteroatoms. The molecular formula is C16H28O4. The van der Waals surface area contributed by atoms with Crippen molar-refractivity contribution < 1.29 is 19.1 Å². The molecule has 0 spiro atoms. The fourth-order valence-electron chi connectivity index (χ4n) is 2.88. The van der Waals surface area contributed by atoms with Gasteiger partial charge in [-0.15, -0.1) is 0 Å². The maximum Gasteiger partial charge on any atom is 0.310 e. The van der Waals surface area contributed by atoms with Gasteiger partial charge in [-0.3, -0.25) is 9.59 Å². The van der Waals surface area contributed by atoms with Crippen LogP contribution in [0.4, 0.5) is 0 Å². The number of hydrogen-bond acceptors (Lipinski definition) is 4. The van der Waals surface area contributed by atoms with Crippen molar-refractivity contribution in [2.24, 2.45) is 23.7 Å². The van der Waals surface area contributed by atoms with E-state index in [9.17, 15) is 9.59 Å². The van der Waals surface area contributed by atoms with Gasteiger partial charge >= 0.3 is 11.9 Å². The summed E-state index contributed by atoms with van der Waals surface area (Å²) in [5.41, 5.74) is 0. The van der Waals surface area contributed by atoms with Crippen molar-refractivity contribution in [2.45, 2.75) is 66.6 Å². The van der Waals surface area contributed by atoms with Crippen molar-refractivity contribution in [3.8, 4) is 0 Å². The second-order valence-corrected chi connectivity index (χ2v) is 6.52. The second kappa shape index (κ2) is 7.09. The molecule has 1 aliphatic rings. The molecule has 4 nitrogen and oxygen atoms in total. The van der Waals surface area contributed by atoms with Crippen LogP contribution in [0.15, 0.2) is 0 Å². The van der Waals surface area contributed by atoms with Crippen molar-refractivity contribution in [2.75, 3.05) is 0 Å². The number of esters is 2. The zero-order valence-corrected chi connectivity index (χ0v) is 13.5. The third-order valence-electron chi connectivity index (χ3n) is 4.11. The lowest BCUT2D eigenvalue weighted by Gasteiger charge is -2.38. The normalized spacial score (nSPS) is 30.4. The molecule has 0 N–H and O–H groups in total. The molecule has 0 aromatic heterocycles. The first kappa shape index (κ1) is 17.0. The molecule has 0 heterocycles. The Morgan fingerprint density at radius 3 is 1.90 bits per heavy atom. The molecule has 1 fully saturated rings. The fraction of sp³-hybridized carbons (Fsp3) is 0.875. The van der Waals surface area contributed by atoms with Gasteiger partial charge in [-0.05, 0) is 52.4 Å². The van der Waals surface area contributed by atoms with Crippen LogP contribution in [0.25, 0.3) is 0 Å². The number of ether oxygens (including phenoxy) is 2. The van der Waals surface area contributed by atoms with Gasteiger partial charge in [-0.1, -0.05) is 13.8 Å². The van der Waals surface area contributed by atoms with Crippen molar-refractivity contribution >= 4 is 11.9 Å². The van der Waals surface area contributed by atoms with E-state index in [-0.39, 0.29) is 41.9 Å². The van der Waals surface area contributed by atoms with Gasteiger partial charge in [0.15, 0.2) is 0 Å². The molecule has 0 amide bonds. The van der Waals surface area contributed by atoms with E-state index in [1.807, 2.05) is 34.6 Å². The number of hydrogen-bond donors (Lipinski definition) is 0. The van der Waals surface area contributed by atoms with Crippen LogP contribution in [0, 0.1) is 23.7 Å². The van der Waals surface area contributed by atoms with Gasteiger partial charge in [0.25, 0.3) is 0 Å². The number of carbonyl (C=O) groups is 2. The van der Waals surface area contributed by atoms with Crippen LogP contribution in [0.3, 0.4) is 0 Å². The topological polar surface area (TPSA) is 52.6 Å². The van der Waals surface area contributed by atoms with Gasteiger partial charge in [0.1, 0.15) is 0 Å². The van der Waals surface area contributed by atoms with E-state index in [0.29, 0.717) is 12.3 Å². The Hall–Kier alpha value is -1.06. The second-order valence-electron chi connectivity index (χ2n) is 6.52. The summed E-state index contributed by atoms with van der Waals surface area (Å²) in [7, 11) is 0. The lowest BCUT2D eigenvalue weighted by molar-refractivity contribution is -0.171. The first-order valence-electron chi connectivity index (χ1n) is 7.65. The fourth-order valence-corrected chi connectivity index (χ4v) is 2.88. The van der Waals surface area contributed by atoms with E-state index >= 15 is 0 Å². The third-order valence-corrected chi connectivity index (χ3v) is 4.11. The van der Waals surface area contributed by atoms with E-state index in [4.69, 9.17) is 9.47 Å². The molecule has 1 saturated carbocycles. The van der Waals surface area contributed by atoms with Crippen LogP contribution < -0.4 is 0 Å². The SMILES string of the molecule is CC(C)OC(=O)C1CCC(C)C(C)C1C(=O)OC(C)C. The summed E-state index contributed by atoms with van der Waals surface area (Å²) in [5, 5.41) is 0. The molecule has 0 aromatic rings. The summed E-state index contributed by atoms with van der Waals surface area (Å²) in [6.07, 6.45) is 1.34. The van der Waals surface area contributed by atoms with Gasteiger partial charge in [-0.2, -0.15) is 0 Å². The molecule has 1 rings (SSSR count). The Kier molecular flexibility index (Phi) is 6.03. The minimum atomic E-state index is -0.382. The maximum absolute atomic E-state index is 12.3. The van der Waals surface area contributed by atoms with Gasteiger partial charge in [0.05, 0.1) is 24.0 Å². The van der Waals surface area contributed by atoms with Gasteiger partial charge < -0.3 is 9.47 Å². The smallest absolute Gasteiger partial charge is 0.310 e. The third kappa shape index (κ3) is 4.22. The molecule has 0 radical (unpaired) electrons. The average molecular weight is 284 g/mol. The minimum Gasteiger partial charge on any atom is -0.463 e. The van der Waals surface area contributed by atoms with Gasteiger partial charge in [0, 0.05) is 0 Å². The van der Waals surface area contributed by atoms with Crippen LogP contribution in [0.5, 0.6) is 0 Å². The Morgan fingerprint density at radius 1 is 0.900 bits per heavy atom.